The smallest absolute Gasteiger partial charge is 0.303 e. The molecular formula is C16H20O4. The van der Waals surface area contributed by atoms with Crippen LogP contribution >= 0.6 is 0 Å². The lowest BCUT2D eigenvalue weighted by atomic mass is 9.77. The molecule has 1 fully saturated rings. The van der Waals surface area contributed by atoms with Crippen LogP contribution in [0.15, 0.2) is 18.2 Å². The molecule has 3 rings (SSSR count). The fourth-order valence-electron chi connectivity index (χ4n) is 3.28. The van der Waals surface area contributed by atoms with Crippen LogP contribution in [0, 0.1) is 5.92 Å². The quantitative estimate of drug-likeness (QED) is 0.913. The first-order valence-electron chi connectivity index (χ1n) is 7.33. The minimum absolute atomic E-state index is 0.305. The van der Waals surface area contributed by atoms with E-state index in [0.29, 0.717) is 25.0 Å². The number of carbonyl (C=O) groups is 1. The van der Waals surface area contributed by atoms with Crippen molar-refractivity contribution in [1.82, 2.24) is 0 Å². The minimum Gasteiger partial charge on any atom is -0.481 e. The number of aliphatic carboxylic acids is 1. The zero-order chi connectivity index (χ0) is 13.9. The SMILES string of the molecule is O=C(O)CCC1CCC(c2ccc3c(c2)OCO3)CC1. The molecule has 1 aromatic carbocycles. The molecule has 0 aromatic heterocycles. The van der Waals surface area contributed by atoms with E-state index in [1.165, 1.54) is 5.56 Å². The summed E-state index contributed by atoms with van der Waals surface area (Å²) in [7, 11) is 0. The number of benzene rings is 1. The van der Waals surface area contributed by atoms with E-state index in [9.17, 15) is 4.79 Å². The van der Waals surface area contributed by atoms with Crippen LogP contribution in [0.5, 0.6) is 11.5 Å². The lowest BCUT2D eigenvalue weighted by Crippen LogP contribution is -2.14. The Morgan fingerprint density at radius 1 is 1.15 bits per heavy atom. The highest BCUT2D eigenvalue weighted by Crippen LogP contribution is 2.41. The number of rotatable bonds is 4. The summed E-state index contributed by atoms with van der Waals surface area (Å²) >= 11 is 0. The van der Waals surface area contributed by atoms with Crippen molar-refractivity contribution < 1.29 is 19.4 Å². The second kappa shape index (κ2) is 5.73. The summed E-state index contributed by atoms with van der Waals surface area (Å²) in [5.41, 5.74) is 1.32. The highest BCUT2D eigenvalue weighted by atomic mass is 16.7. The van der Waals surface area contributed by atoms with Crippen LogP contribution in [0.1, 0.15) is 50.0 Å². The fraction of sp³-hybridized carbons (Fsp3) is 0.562. The first kappa shape index (κ1) is 13.3. The summed E-state index contributed by atoms with van der Waals surface area (Å²) in [5, 5.41) is 8.74. The van der Waals surface area contributed by atoms with Crippen LogP contribution in [0.4, 0.5) is 0 Å². The van der Waals surface area contributed by atoms with Gasteiger partial charge in [-0.2, -0.15) is 0 Å². The van der Waals surface area contributed by atoms with Gasteiger partial charge in [0.25, 0.3) is 0 Å². The number of carboxylic acids is 1. The van der Waals surface area contributed by atoms with Crippen molar-refractivity contribution in [3.8, 4) is 11.5 Å². The van der Waals surface area contributed by atoms with E-state index in [1.807, 2.05) is 6.07 Å². The summed E-state index contributed by atoms with van der Waals surface area (Å²) in [6.45, 7) is 0.320. The molecule has 1 N–H and O–H groups in total. The third-order valence-corrected chi connectivity index (χ3v) is 4.48. The van der Waals surface area contributed by atoms with Crippen molar-refractivity contribution in [3.63, 3.8) is 0 Å². The third-order valence-electron chi connectivity index (χ3n) is 4.48. The molecule has 0 atom stereocenters. The third kappa shape index (κ3) is 2.89. The maximum Gasteiger partial charge on any atom is 0.303 e. The van der Waals surface area contributed by atoms with Crippen molar-refractivity contribution >= 4 is 5.97 Å². The molecule has 1 saturated carbocycles. The molecule has 1 aliphatic carbocycles. The maximum atomic E-state index is 10.6. The second-order valence-electron chi connectivity index (χ2n) is 5.76. The molecule has 4 nitrogen and oxygen atoms in total. The summed E-state index contributed by atoms with van der Waals surface area (Å²) in [5.74, 6) is 2.17. The van der Waals surface area contributed by atoms with Gasteiger partial charge in [0.15, 0.2) is 11.5 Å². The Kier molecular flexibility index (Phi) is 3.81. The van der Waals surface area contributed by atoms with Crippen LogP contribution in [0.2, 0.25) is 0 Å². The predicted octanol–water partition coefficient (Wildman–Crippen LogP) is 3.55. The fourth-order valence-corrected chi connectivity index (χ4v) is 3.28. The van der Waals surface area contributed by atoms with E-state index in [1.54, 1.807) is 0 Å². The van der Waals surface area contributed by atoms with E-state index >= 15 is 0 Å². The zero-order valence-electron chi connectivity index (χ0n) is 11.5. The Labute approximate surface area is 118 Å². The summed E-state index contributed by atoms with van der Waals surface area (Å²) in [6.07, 6.45) is 5.68. The van der Waals surface area contributed by atoms with Crippen LogP contribution in [0.25, 0.3) is 0 Å². The van der Waals surface area contributed by atoms with Crippen LogP contribution < -0.4 is 9.47 Å². The summed E-state index contributed by atoms with van der Waals surface area (Å²) in [4.78, 5) is 10.6. The minimum atomic E-state index is -0.678. The van der Waals surface area contributed by atoms with E-state index in [4.69, 9.17) is 14.6 Å². The van der Waals surface area contributed by atoms with Gasteiger partial charge in [0.05, 0.1) is 0 Å². The van der Waals surface area contributed by atoms with Crippen LogP contribution in [-0.2, 0) is 4.79 Å². The van der Waals surface area contributed by atoms with Crippen LogP contribution in [0.3, 0.4) is 0 Å². The normalized spacial score (nSPS) is 24.6. The summed E-state index contributed by atoms with van der Waals surface area (Å²) < 4.78 is 10.8. The van der Waals surface area contributed by atoms with Crippen molar-refractivity contribution in [3.05, 3.63) is 23.8 Å². The maximum absolute atomic E-state index is 10.6. The number of hydrogen-bond donors (Lipinski definition) is 1. The van der Waals surface area contributed by atoms with Gasteiger partial charge in [0, 0.05) is 6.42 Å². The first-order chi connectivity index (χ1) is 9.72. The average molecular weight is 276 g/mol. The Bertz CT molecular complexity index is 489. The highest BCUT2D eigenvalue weighted by Gasteiger charge is 2.24. The topological polar surface area (TPSA) is 55.8 Å². The Balaban J connectivity index is 1.56. The molecule has 1 aliphatic heterocycles. The number of fused-ring (bicyclic) bond motifs is 1. The molecule has 0 bridgehead atoms. The lowest BCUT2D eigenvalue weighted by molar-refractivity contribution is -0.137. The second-order valence-corrected chi connectivity index (χ2v) is 5.76. The molecule has 0 unspecified atom stereocenters. The lowest BCUT2D eigenvalue weighted by Gasteiger charge is -2.28. The predicted molar refractivity (Wildman–Crippen MR) is 74.1 cm³/mol. The van der Waals surface area contributed by atoms with Crippen molar-refractivity contribution in [1.29, 1.82) is 0 Å². The monoisotopic (exact) mass is 276 g/mol. The van der Waals surface area contributed by atoms with Crippen molar-refractivity contribution in [2.75, 3.05) is 6.79 Å². The van der Waals surface area contributed by atoms with Crippen LogP contribution in [-0.4, -0.2) is 17.9 Å². The number of ether oxygens (including phenoxy) is 2. The molecular weight excluding hydrogens is 256 g/mol. The molecule has 0 spiro atoms. The zero-order valence-corrected chi connectivity index (χ0v) is 11.5. The molecule has 0 saturated heterocycles. The van der Waals surface area contributed by atoms with E-state index < -0.39 is 5.97 Å². The Morgan fingerprint density at radius 2 is 1.90 bits per heavy atom. The number of hydrogen-bond acceptors (Lipinski definition) is 3. The Morgan fingerprint density at radius 3 is 2.65 bits per heavy atom. The van der Waals surface area contributed by atoms with Crippen molar-refractivity contribution in [2.45, 2.75) is 44.4 Å². The van der Waals surface area contributed by atoms with Gasteiger partial charge in [0.2, 0.25) is 6.79 Å². The number of carboxylic acid groups (broad SMARTS) is 1. The molecule has 0 amide bonds. The van der Waals surface area contributed by atoms with Gasteiger partial charge in [-0.3, -0.25) is 4.79 Å². The molecule has 1 heterocycles. The van der Waals surface area contributed by atoms with Crippen molar-refractivity contribution in [2.24, 2.45) is 5.92 Å². The highest BCUT2D eigenvalue weighted by molar-refractivity contribution is 5.66. The molecule has 0 radical (unpaired) electrons. The van der Waals surface area contributed by atoms with E-state index in [-0.39, 0.29) is 0 Å². The van der Waals surface area contributed by atoms with Gasteiger partial charge in [-0.1, -0.05) is 6.07 Å². The average Bonchev–Trinajstić information content (AvgIpc) is 2.93. The first-order valence-corrected chi connectivity index (χ1v) is 7.33. The largest absolute Gasteiger partial charge is 0.481 e. The molecule has 20 heavy (non-hydrogen) atoms. The van der Waals surface area contributed by atoms with Gasteiger partial charge in [0.1, 0.15) is 0 Å². The van der Waals surface area contributed by atoms with E-state index in [0.717, 1.165) is 43.6 Å². The van der Waals surface area contributed by atoms with Gasteiger partial charge in [-0.05, 0) is 61.6 Å². The van der Waals surface area contributed by atoms with E-state index in [2.05, 4.69) is 12.1 Å². The standard InChI is InChI=1S/C16H20O4/c17-16(18)8-3-11-1-4-12(5-2-11)13-6-7-14-15(9-13)20-10-19-14/h6-7,9,11-12H,1-5,8,10H2,(H,17,18). The van der Waals surface area contributed by atoms with Gasteiger partial charge < -0.3 is 14.6 Å². The van der Waals surface area contributed by atoms with Gasteiger partial charge >= 0.3 is 5.97 Å². The molecule has 108 valence electrons. The van der Waals surface area contributed by atoms with Gasteiger partial charge in [-0.25, -0.2) is 0 Å². The Hall–Kier alpha value is -1.71. The van der Waals surface area contributed by atoms with Gasteiger partial charge in [-0.15, -0.1) is 0 Å². The molecule has 1 aromatic rings. The molecule has 2 aliphatic rings. The molecule has 4 heteroatoms. The summed E-state index contributed by atoms with van der Waals surface area (Å²) in [6, 6.07) is 6.23.